The van der Waals surface area contributed by atoms with Gasteiger partial charge in [-0.25, -0.2) is 0 Å². The number of nitrogens with zero attached hydrogens (tertiary/aromatic N) is 2. The molecular weight excluding hydrogens is 464 g/mol. The fourth-order valence-corrected chi connectivity index (χ4v) is 3.89. The molecule has 1 aliphatic rings. The molecule has 9 heteroatoms. The summed E-state index contributed by atoms with van der Waals surface area (Å²) in [5.41, 5.74) is 7.73. The van der Waals surface area contributed by atoms with E-state index in [-0.39, 0.29) is 0 Å². The van der Waals surface area contributed by atoms with Crippen LogP contribution in [0.25, 0.3) is 5.57 Å². The molecule has 1 saturated heterocycles. The van der Waals surface area contributed by atoms with Crippen LogP contribution in [0.4, 0.5) is 5.69 Å². The van der Waals surface area contributed by atoms with Crippen LogP contribution in [0.1, 0.15) is 25.0 Å². The molecule has 34 heavy (non-hydrogen) atoms. The van der Waals surface area contributed by atoms with Crippen molar-refractivity contribution in [3.05, 3.63) is 71.9 Å². The van der Waals surface area contributed by atoms with Gasteiger partial charge in [-0.3, -0.25) is 5.43 Å². The van der Waals surface area contributed by atoms with Gasteiger partial charge in [0.2, 0.25) is 0 Å². The summed E-state index contributed by atoms with van der Waals surface area (Å²) in [6.07, 6.45) is 1.89. The van der Waals surface area contributed by atoms with Crippen molar-refractivity contribution >= 4 is 51.6 Å². The molecular formula is C25H32N6OS2. The van der Waals surface area contributed by atoms with Gasteiger partial charge in [0, 0.05) is 49.2 Å². The van der Waals surface area contributed by atoms with E-state index in [0.29, 0.717) is 16.8 Å². The fraction of sp³-hybridized carbons (Fsp3) is 0.320. The first kappa shape index (κ1) is 25.6. The van der Waals surface area contributed by atoms with E-state index in [1.165, 1.54) is 5.69 Å². The quantitative estimate of drug-likeness (QED) is 0.252. The molecule has 0 saturated carbocycles. The van der Waals surface area contributed by atoms with Crippen molar-refractivity contribution in [3.63, 3.8) is 0 Å². The maximum Gasteiger partial charge on any atom is 0.186 e. The summed E-state index contributed by atoms with van der Waals surface area (Å²) in [7, 11) is 0. The molecule has 1 heterocycles. The number of hydrazone groups is 1. The lowest BCUT2D eigenvalue weighted by molar-refractivity contribution is 0.122. The first-order valence-corrected chi connectivity index (χ1v) is 12.3. The van der Waals surface area contributed by atoms with Gasteiger partial charge in [-0.2, -0.15) is 5.10 Å². The molecule has 2 aromatic rings. The molecule has 2 aromatic carbocycles. The number of allylic oxidation sites excluding steroid dienone is 1. The minimum absolute atomic E-state index is 0.467. The molecule has 0 bridgehead atoms. The Balaban J connectivity index is 1.99. The number of rotatable bonds is 8. The second-order valence-electron chi connectivity index (χ2n) is 7.51. The van der Waals surface area contributed by atoms with Gasteiger partial charge in [0.1, 0.15) is 0 Å². The number of thiocarbonyl (C=S) groups is 2. The maximum absolute atomic E-state index is 5.49. The Morgan fingerprint density at radius 3 is 2.21 bits per heavy atom. The molecule has 0 radical (unpaired) electrons. The summed E-state index contributed by atoms with van der Waals surface area (Å²) >= 11 is 10.7. The number of morpholine rings is 1. The van der Waals surface area contributed by atoms with Crippen LogP contribution in [0.2, 0.25) is 0 Å². The zero-order valence-electron chi connectivity index (χ0n) is 19.6. The van der Waals surface area contributed by atoms with E-state index in [1.54, 1.807) is 0 Å². The van der Waals surface area contributed by atoms with E-state index in [1.807, 2.05) is 50.4 Å². The molecule has 1 aliphatic heterocycles. The maximum atomic E-state index is 5.49. The van der Waals surface area contributed by atoms with Crippen LogP contribution in [0.15, 0.2) is 65.9 Å². The van der Waals surface area contributed by atoms with Gasteiger partial charge in [0.15, 0.2) is 10.2 Å². The van der Waals surface area contributed by atoms with Crippen molar-refractivity contribution in [1.29, 1.82) is 0 Å². The number of benzene rings is 2. The van der Waals surface area contributed by atoms with Crippen molar-refractivity contribution in [1.82, 2.24) is 21.4 Å². The van der Waals surface area contributed by atoms with E-state index >= 15 is 0 Å². The highest BCUT2D eigenvalue weighted by atomic mass is 32.1. The summed E-state index contributed by atoms with van der Waals surface area (Å²) in [4.78, 5) is 2.33. The van der Waals surface area contributed by atoms with Gasteiger partial charge in [-0.1, -0.05) is 42.5 Å². The van der Waals surface area contributed by atoms with Gasteiger partial charge in [-0.05, 0) is 56.0 Å². The molecule has 0 spiro atoms. The van der Waals surface area contributed by atoms with Crippen molar-refractivity contribution in [2.75, 3.05) is 44.3 Å². The van der Waals surface area contributed by atoms with Crippen LogP contribution in [0.5, 0.6) is 0 Å². The second-order valence-corrected chi connectivity index (χ2v) is 8.32. The summed E-state index contributed by atoms with van der Waals surface area (Å²) in [5.74, 6) is 0. The van der Waals surface area contributed by atoms with E-state index in [0.717, 1.165) is 55.3 Å². The predicted octanol–water partition coefficient (Wildman–Crippen LogP) is 3.24. The lowest BCUT2D eigenvalue weighted by Crippen LogP contribution is -2.36. The highest BCUT2D eigenvalue weighted by Gasteiger charge is 2.16. The average molecular weight is 497 g/mol. The molecule has 0 atom stereocenters. The third-order valence-electron chi connectivity index (χ3n) is 5.15. The minimum Gasteiger partial charge on any atom is -0.378 e. The van der Waals surface area contributed by atoms with Crippen molar-refractivity contribution < 1.29 is 4.74 Å². The second kappa shape index (κ2) is 13.6. The average Bonchev–Trinajstić information content (AvgIpc) is 2.87. The molecule has 0 amide bonds. The summed E-state index contributed by atoms with van der Waals surface area (Å²) in [6.45, 7) is 8.73. The van der Waals surface area contributed by atoms with Gasteiger partial charge in [0.05, 0.1) is 18.9 Å². The fourth-order valence-electron chi connectivity index (χ4n) is 3.49. The van der Waals surface area contributed by atoms with Gasteiger partial charge < -0.3 is 25.6 Å². The third kappa shape index (κ3) is 7.51. The number of nitrogens with one attached hydrogen (secondary N) is 4. The summed E-state index contributed by atoms with van der Waals surface area (Å²) in [5, 5.41) is 15.1. The van der Waals surface area contributed by atoms with Crippen LogP contribution in [0.3, 0.4) is 0 Å². The monoisotopic (exact) mass is 496 g/mol. The van der Waals surface area contributed by atoms with Crippen LogP contribution in [-0.2, 0) is 4.74 Å². The normalized spacial score (nSPS) is 14.4. The van der Waals surface area contributed by atoms with Crippen molar-refractivity contribution in [3.8, 4) is 0 Å². The van der Waals surface area contributed by atoms with Crippen LogP contribution in [-0.4, -0.2) is 55.3 Å². The summed E-state index contributed by atoms with van der Waals surface area (Å²) < 4.78 is 5.49. The Morgan fingerprint density at radius 2 is 1.56 bits per heavy atom. The molecule has 4 N–H and O–H groups in total. The smallest absolute Gasteiger partial charge is 0.186 e. The van der Waals surface area contributed by atoms with Crippen LogP contribution in [0, 0.1) is 0 Å². The lowest BCUT2D eigenvalue weighted by Gasteiger charge is -2.29. The lowest BCUT2D eigenvalue weighted by atomic mass is 9.96. The third-order valence-corrected chi connectivity index (χ3v) is 5.65. The molecule has 7 nitrogen and oxygen atoms in total. The zero-order valence-corrected chi connectivity index (χ0v) is 21.3. The predicted molar refractivity (Wildman–Crippen MR) is 149 cm³/mol. The van der Waals surface area contributed by atoms with Crippen LogP contribution < -0.4 is 26.3 Å². The molecule has 0 aliphatic carbocycles. The Labute approximate surface area is 212 Å². The topological polar surface area (TPSA) is 73.0 Å². The van der Waals surface area contributed by atoms with E-state index < -0.39 is 0 Å². The Hall–Kier alpha value is -3.01. The largest absolute Gasteiger partial charge is 0.378 e. The molecule has 0 aromatic heterocycles. The van der Waals surface area contributed by atoms with E-state index in [4.69, 9.17) is 29.2 Å². The zero-order chi connectivity index (χ0) is 24.2. The van der Waals surface area contributed by atoms with Crippen LogP contribution >= 0.6 is 24.4 Å². The molecule has 0 unspecified atom stereocenters. The number of hydrogen-bond acceptors (Lipinski definition) is 5. The molecule has 180 valence electrons. The number of hydrogen-bond donors (Lipinski definition) is 4. The molecule has 3 rings (SSSR count). The number of ether oxygens (including phenoxy) is 1. The summed E-state index contributed by atoms with van der Waals surface area (Å²) in [6, 6.07) is 18.5. The minimum atomic E-state index is 0.467. The standard InChI is InChI=1S/C25H32N6OS2/c1-3-26-24(33)28-18-22(19-10-12-21(13-11-19)31-14-16-32-17-15-31)23(20-8-6-5-7-9-20)29-30-25(34)27-4-2/h5-13,18H,3-4,14-17H2,1-2H3,(H2,26,28,33)(H2,27,30,34)/b22-18+,29-23+. The van der Waals surface area contributed by atoms with Crippen molar-refractivity contribution in [2.45, 2.75) is 13.8 Å². The SMILES string of the molecule is CCNC(=S)N/C=C(/C(=N/NC(=S)NCC)c1ccccc1)c1ccc(N2CCOCC2)cc1. The van der Waals surface area contributed by atoms with E-state index in [2.05, 4.69) is 55.6 Å². The first-order chi connectivity index (χ1) is 16.6. The number of anilines is 1. The Morgan fingerprint density at radius 1 is 0.912 bits per heavy atom. The van der Waals surface area contributed by atoms with Gasteiger partial charge >= 0.3 is 0 Å². The van der Waals surface area contributed by atoms with Gasteiger partial charge in [0.25, 0.3) is 0 Å². The van der Waals surface area contributed by atoms with Gasteiger partial charge in [-0.15, -0.1) is 0 Å². The first-order valence-electron chi connectivity index (χ1n) is 11.5. The highest BCUT2D eigenvalue weighted by molar-refractivity contribution is 7.80. The van der Waals surface area contributed by atoms with Crippen molar-refractivity contribution in [2.24, 2.45) is 5.10 Å². The Bertz CT molecular complexity index is 1000. The Kier molecular flexibility index (Phi) is 10.3. The highest BCUT2D eigenvalue weighted by Crippen LogP contribution is 2.24. The molecule has 1 fully saturated rings. The van der Waals surface area contributed by atoms with E-state index in [9.17, 15) is 0 Å².